The van der Waals surface area contributed by atoms with Crippen molar-refractivity contribution in [3.8, 4) is 17.2 Å². The number of H-pyrrole nitrogens is 1. The second kappa shape index (κ2) is 7.97. The quantitative estimate of drug-likeness (QED) is 0.382. The largest absolute Gasteiger partial charge is 0.486 e. The van der Waals surface area contributed by atoms with Gasteiger partial charge in [0.05, 0.1) is 34.7 Å². The minimum atomic E-state index is -0.542. The fraction of sp³-hybridized carbons (Fsp3) is 0.167. The molecule has 1 atom stereocenters. The number of aromatic amines is 1. The Morgan fingerprint density at radius 2 is 2.06 bits per heavy atom. The number of aromatic nitrogens is 5. The van der Waals surface area contributed by atoms with Gasteiger partial charge in [-0.05, 0) is 24.3 Å². The van der Waals surface area contributed by atoms with Crippen LogP contribution in [0.25, 0.3) is 27.6 Å². The molecule has 1 aliphatic heterocycles. The lowest BCUT2D eigenvalue weighted by atomic mass is 10.2. The molecule has 0 aliphatic carbocycles. The summed E-state index contributed by atoms with van der Waals surface area (Å²) in [4.78, 5) is 24.3. The first-order chi connectivity index (χ1) is 17.0. The Bertz CT molecular complexity index is 1650. The summed E-state index contributed by atoms with van der Waals surface area (Å²) in [6, 6.07) is 11.3. The molecule has 35 heavy (non-hydrogen) atoms. The van der Waals surface area contributed by atoms with Crippen molar-refractivity contribution in [2.75, 3.05) is 30.8 Å². The molecular formula is C24H20FN7O3. The van der Waals surface area contributed by atoms with Crippen LogP contribution >= 0.6 is 0 Å². The molecule has 0 amide bonds. The predicted octanol–water partition coefficient (Wildman–Crippen LogP) is 2.65. The summed E-state index contributed by atoms with van der Waals surface area (Å²) < 4.78 is 27.8. The molecule has 0 bridgehead atoms. The summed E-state index contributed by atoms with van der Waals surface area (Å²) in [6.45, 7) is 0.731. The van der Waals surface area contributed by atoms with Crippen LogP contribution in [0.4, 0.5) is 16.0 Å². The Balaban J connectivity index is 1.40. The molecule has 5 aromatic rings. The third kappa shape index (κ3) is 3.48. The van der Waals surface area contributed by atoms with Gasteiger partial charge in [-0.25, -0.2) is 9.37 Å². The number of rotatable bonds is 4. The van der Waals surface area contributed by atoms with E-state index in [-0.39, 0.29) is 17.4 Å². The van der Waals surface area contributed by atoms with Crippen molar-refractivity contribution in [3.05, 3.63) is 71.0 Å². The standard InChI is InChI=1S/C24H20FN7O3/c1-31(11-14-12-34-20-8-13(26)6-7-19(20)35-14)24-27-9-15-21-16(10-28-30-21)23(33)32(22(15)29-24)18-5-3-2-4-17(18)25/h2-10,14H,11-12,26H2,1H3,(H,28,30). The zero-order valence-corrected chi connectivity index (χ0v) is 18.6. The van der Waals surface area contributed by atoms with Gasteiger partial charge in [0, 0.05) is 25.0 Å². The number of halogens is 1. The molecule has 6 rings (SSSR count). The Labute approximate surface area is 197 Å². The Morgan fingerprint density at radius 1 is 1.20 bits per heavy atom. The normalized spacial score (nSPS) is 15.0. The van der Waals surface area contributed by atoms with Gasteiger partial charge in [0.15, 0.2) is 23.3 Å². The van der Waals surface area contributed by atoms with Crippen LogP contribution in [-0.4, -0.2) is 51.0 Å². The van der Waals surface area contributed by atoms with Crippen LogP contribution in [0.1, 0.15) is 0 Å². The number of nitrogens with two attached hydrogens (primary N) is 1. The van der Waals surface area contributed by atoms with E-state index in [0.717, 1.165) is 0 Å². The third-order valence-corrected chi connectivity index (χ3v) is 5.91. The lowest BCUT2D eigenvalue weighted by Gasteiger charge is -2.29. The molecule has 10 nitrogen and oxygen atoms in total. The van der Waals surface area contributed by atoms with Crippen molar-refractivity contribution in [1.82, 2.24) is 24.7 Å². The molecule has 0 radical (unpaired) electrons. The number of hydrogen-bond acceptors (Lipinski definition) is 8. The number of nitrogen functional groups attached to an aromatic ring is 1. The summed E-state index contributed by atoms with van der Waals surface area (Å²) in [5.41, 5.74) is 6.82. The van der Waals surface area contributed by atoms with E-state index < -0.39 is 11.4 Å². The van der Waals surface area contributed by atoms with Gasteiger partial charge in [-0.1, -0.05) is 12.1 Å². The maximum atomic E-state index is 14.7. The Morgan fingerprint density at radius 3 is 2.91 bits per heavy atom. The van der Waals surface area contributed by atoms with E-state index in [9.17, 15) is 9.18 Å². The molecule has 3 N–H and O–H groups in total. The fourth-order valence-corrected chi connectivity index (χ4v) is 4.23. The van der Waals surface area contributed by atoms with Crippen LogP contribution in [-0.2, 0) is 0 Å². The number of para-hydroxylation sites is 1. The average molecular weight is 473 g/mol. The maximum Gasteiger partial charge on any atom is 0.267 e. The molecule has 11 heteroatoms. The Kier molecular flexibility index (Phi) is 4.76. The number of fused-ring (bicyclic) bond motifs is 4. The molecule has 176 valence electrons. The number of nitrogens with zero attached hydrogens (tertiary/aromatic N) is 5. The van der Waals surface area contributed by atoms with Gasteiger partial charge in [0.1, 0.15) is 12.4 Å². The van der Waals surface area contributed by atoms with Crippen LogP contribution in [0.15, 0.2) is 59.7 Å². The summed E-state index contributed by atoms with van der Waals surface area (Å²) >= 11 is 0. The van der Waals surface area contributed by atoms with Crippen molar-refractivity contribution in [1.29, 1.82) is 0 Å². The molecule has 4 heterocycles. The van der Waals surface area contributed by atoms with Gasteiger partial charge in [0.25, 0.3) is 5.56 Å². The van der Waals surface area contributed by atoms with E-state index in [2.05, 4.69) is 20.2 Å². The van der Waals surface area contributed by atoms with Crippen LogP contribution in [0.3, 0.4) is 0 Å². The van der Waals surface area contributed by atoms with E-state index in [1.165, 1.54) is 22.9 Å². The van der Waals surface area contributed by atoms with Crippen molar-refractivity contribution < 1.29 is 13.9 Å². The monoisotopic (exact) mass is 473 g/mol. The van der Waals surface area contributed by atoms with Crippen LogP contribution < -0.4 is 25.7 Å². The van der Waals surface area contributed by atoms with E-state index in [0.29, 0.717) is 52.6 Å². The van der Waals surface area contributed by atoms with E-state index >= 15 is 0 Å². The van der Waals surface area contributed by atoms with E-state index in [1.807, 2.05) is 7.05 Å². The maximum absolute atomic E-state index is 14.7. The van der Waals surface area contributed by atoms with Gasteiger partial charge < -0.3 is 20.1 Å². The molecular weight excluding hydrogens is 453 g/mol. The molecule has 0 saturated carbocycles. The highest BCUT2D eigenvalue weighted by Gasteiger charge is 2.24. The van der Waals surface area contributed by atoms with Crippen molar-refractivity contribution in [3.63, 3.8) is 0 Å². The summed E-state index contributed by atoms with van der Waals surface area (Å²) in [6.07, 6.45) is 2.72. The molecule has 0 fully saturated rings. The number of anilines is 2. The molecule has 1 aliphatic rings. The minimum absolute atomic E-state index is 0.0952. The van der Waals surface area contributed by atoms with E-state index in [4.69, 9.17) is 15.2 Å². The van der Waals surface area contributed by atoms with Crippen LogP contribution in [0.2, 0.25) is 0 Å². The summed E-state index contributed by atoms with van der Waals surface area (Å²) in [7, 11) is 1.81. The highest BCUT2D eigenvalue weighted by Crippen LogP contribution is 2.33. The number of nitrogens with one attached hydrogen (secondary N) is 1. The molecule has 2 aromatic carbocycles. The molecule has 0 saturated heterocycles. The number of benzene rings is 2. The number of ether oxygens (including phenoxy) is 2. The fourth-order valence-electron chi connectivity index (χ4n) is 4.23. The number of hydrogen-bond donors (Lipinski definition) is 2. The summed E-state index contributed by atoms with van der Waals surface area (Å²) in [5.74, 6) is 1.01. The first-order valence-corrected chi connectivity index (χ1v) is 10.9. The number of likely N-dealkylation sites (N-methyl/N-ethyl adjacent to an activating group) is 1. The SMILES string of the molecule is CN(CC1COc2cc(N)ccc2O1)c1ncc2c3[nH]ncc3c(=O)n(-c3ccccc3F)c2n1. The second-order valence-corrected chi connectivity index (χ2v) is 8.30. The highest BCUT2D eigenvalue weighted by atomic mass is 19.1. The highest BCUT2D eigenvalue weighted by molar-refractivity contribution is 6.02. The molecule has 0 spiro atoms. The van der Waals surface area contributed by atoms with Crippen molar-refractivity contribution in [2.45, 2.75) is 6.10 Å². The lowest BCUT2D eigenvalue weighted by molar-refractivity contribution is 0.0959. The van der Waals surface area contributed by atoms with Crippen LogP contribution in [0.5, 0.6) is 11.5 Å². The van der Waals surface area contributed by atoms with Gasteiger partial charge in [-0.3, -0.25) is 14.5 Å². The average Bonchev–Trinajstić information content (AvgIpc) is 3.36. The van der Waals surface area contributed by atoms with Gasteiger partial charge >= 0.3 is 0 Å². The first-order valence-electron chi connectivity index (χ1n) is 10.9. The van der Waals surface area contributed by atoms with E-state index in [1.54, 1.807) is 41.4 Å². The van der Waals surface area contributed by atoms with Gasteiger partial charge in [-0.2, -0.15) is 10.1 Å². The Hall–Kier alpha value is -4.67. The van der Waals surface area contributed by atoms with Gasteiger partial charge in [-0.15, -0.1) is 0 Å². The lowest BCUT2D eigenvalue weighted by Crippen LogP contribution is -2.40. The second-order valence-electron chi connectivity index (χ2n) is 8.30. The third-order valence-electron chi connectivity index (χ3n) is 5.91. The van der Waals surface area contributed by atoms with Gasteiger partial charge in [0.2, 0.25) is 5.95 Å². The zero-order valence-electron chi connectivity index (χ0n) is 18.6. The predicted molar refractivity (Wildman–Crippen MR) is 129 cm³/mol. The van der Waals surface area contributed by atoms with Crippen LogP contribution in [0, 0.1) is 5.82 Å². The number of pyridine rings is 1. The smallest absolute Gasteiger partial charge is 0.267 e. The minimum Gasteiger partial charge on any atom is -0.486 e. The van der Waals surface area contributed by atoms with Crippen molar-refractivity contribution in [2.24, 2.45) is 0 Å². The zero-order chi connectivity index (χ0) is 24.1. The topological polar surface area (TPSA) is 124 Å². The van der Waals surface area contributed by atoms with Crippen molar-refractivity contribution >= 4 is 33.6 Å². The first kappa shape index (κ1) is 20.9. The molecule has 1 unspecified atom stereocenters. The molecule has 3 aromatic heterocycles. The summed E-state index contributed by atoms with van der Waals surface area (Å²) in [5, 5.41) is 7.68.